The van der Waals surface area contributed by atoms with E-state index in [0.717, 1.165) is 5.69 Å². The quantitative estimate of drug-likeness (QED) is 0.853. The monoisotopic (exact) mass is 288 g/mol. The molecule has 2 aromatic rings. The minimum atomic E-state index is -0.413. The van der Waals surface area contributed by atoms with Crippen LogP contribution in [0.1, 0.15) is 10.4 Å². The highest BCUT2D eigenvalue weighted by Crippen LogP contribution is 2.27. The van der Waals surface area contributed by atoms with Crippen molar-refractivity contribution in [2.75, 3.05) is 26.6 Å². The first kappa shape index (κ1) is 14.6. The van der Waals surface area contributed by atoms with Gasteiger partial charge in [-0.05, 0) is 12.1 Å². The number of anilines is 2. The zero-order valence-electron chi connectivity index (χ0n) is 12.0. The number of nitrogens with zero attached hydrogens (tertiary/aromatic N) is 1. The Balaban J connectivity index is 2.27. The molecule has 0 spiro atoms. The van der Waals surface area contributed by atoms with Gasteiger partial charge in [-0.1, -0.05) is 0 Å². The zero-order chi connectivity index (χ0) is 15.2. The molecule has 0 saturated carbocycles. The Morgan fingerprint density at radius 3 is 2.29 bits per heavy atom. The van der Waals surface area contributed by atoms with Gasteiger partial charge in [0, 0.05) is 30.1 Å². The van der Waals surface area contributed by atoms with Crippen molar-refractivity contribution in [2.45, 2.75) is 0 Å². The molecule has 6 heteroatoms. The molecule has 1 N–H and O–H groups in total. The van der Waals surface area contributed by atoms with Crippen molar-refractivity contribution in [3.63, 3.8) is 0 Å². The fourth-order valence-corrected chi connectivity index (χ4v) is 1.77. The summed E-state index contributed by atoms with van der Waals surface area (Å²) in [6, 6.07) is 8.56. The summed E-state index contributed by atoms with van der Waals surface area (Å²) < 4.78 is 15.1. The SMILES string of the molecule is COC(=O)c1ccnc(Nc2cc(OC)cc(OC)c2)c1. The van der Waals surface area contributed by atoms with Crippen molar-refractivity contribution in [2.24, 2.45) is 0 Å². The molecule has 21 heavy (non-hydrogen) atoms. The van der Waals surface area contributed by atoms with Crippen LogP contribution in [0.5, 0.6) is 11.5 Å². The van der Waals surface area contributed by atoms with Gasteiger partial charge in [0.15, 0.2) is 0 Å². The lowest BCUT2D eigenvalue weighted by atomic mass is 10.2. The van der Waals surface area contributed by atoms with Crippen molar-refractivity contribution in [3.05, 3.63) is 42.1 Å². The van der Waals surface area contributed by atoms with Crippen molar-refractivity contribution in [1.29, 1.82) is 0 Å². The van der Waals surface area contributed by atoms with E-state index in [1.807, 2.05) is 0 Å². The van der Waals surface area contributed by atoms with Gasteiger partial charge in [0.1, 0.15) is 17.3 Å². The molecular weight excluding hydrogens is 272 g/mol. The minimum Gasteiger partial charge on any atom is -0.497 e. The number of pyridine rings is 1. The van der Waals surface area contributed by atoms with E-state index >= 15 is 0 Å². The first-order valence-electron chi connectivity index (χ1n) is 6.20. The van der Waals surface area contributed by atoms with Gasteiger partial charge >= 0.3 is 5.97 Å². The molecule has 110 valence electrons. The maximum Gasteiger partial charge on any atom is 0.338 e. The summed E-state index contributed by atoms with van der Waals surface area (Å²) in [5.74, 6) is 1.42. The summed E-state index contributed by atoms with van der Waals surface area (Å²) in [6.07, 6.45) is 1.53. The van der Waals surface area contributed by atoms with Gasteiger partial charge in [-0.2, -0.15) is 0 Å². The van der Waals surface area contributed by atoms with Crippen LogP contribution >= 0.6 is 0 Å². The summed E-state index contributed by atoms with van der Waals surface area (Å²) in [5.41, 5.74) is 1.16. The van der Waals surface area contributed by atoms with E-state index in [9.17, 15) is 4.79 Å². The molecule has 1 aromatic heterocycles. The van der Waals surface area contributed by atoms with Crippen molar-refractivity contribution < 1.29 is 19.0 Å². The van der Waals surface area contributed by atoms with E-state index in [1.54, 1.807) is 44.6 Å². The van der Waals surface area contributed by atoms with Crippen LogP contribution in [-0.4, -0.2) is 32.3 Å². The summed E-state index contributed by atoms with van der Waals surface area (Å²) >= 11 is 0. The van der Waals surface area contributed by atoms with Gasteiger partial charge in [0.05, 0.1) is 26.9 Å². The maximum atomic E-state index is 11.5. The Bertz CT molecular complexity index is 621. The number of hydrogen-bond donors (Lipinski definition) is 1. The van der Waals surface area contributed by atoms with Gasteiger partial charge in [-0.3, -0.25) is 0 Å². The Kier molecular flexibility index (Phi) is 4.61. The Labute approximate surface area is 122 Å². The number of ether oxygens (including phenoxy) is 3. The van der Waals surface area contributed by atoms with Gasteiger partial charge in [-0.15, -0.1) is 0 Å². The Hall–Kier alpha value is -2.76. The van der Waals surface area contributed by atoms with Crippen LogP contribution in [0.3, 0.4) is 0 Å². The molecule has 0 amide bonds. The van der Waals surface area contributed by atoms with Crippen LogP contribution in [0, 0.1) is 0 Å². The molecule has 0 saturated heterocycles. The lowest BCUT2D eigenvalue weighted by molar-refractivity contribution is 0.0600. The highest BCUT2D eigenvalue weighted by Gasteiger charge is 2.08. The summed E-state index contributed by atoms with van der Waals surface area (Å²) in [6.45, 7) is 0. The second-order valence-electron chi connectivity index (χ2n) is 4.15. The predicted molar refractivity (Wildman–Crippen MR) is 78.4 cm³/mol. The number of hydrogen-bond acceptors (Lipinski definition) is 6. The fraction of sp³-hybridized carbons (Fsp3) is 0.200. The number of carbonyl (C=O) groups excluding carboxylic acids is 1. The molecule has 1 aromatic carbocycles. The second-order valence-corrected chi connectivity index (χ2v) is 4.15. The topological polar surface area (TPSA) is 69.7 Å². The van der Waals surface area contributed by atoms with E-state index in [4.69, 9.17) is 9.47 Å². The molecule has 0 atom stereocenters. The number of nitrogens with one attached hydrogen (secondary N) is 1. The summed E-state index contributed by atoms with van der Waals surface area (Å²) in [5, 5.41) is 3.09. The minimum absolute atomic E-state index is 0.413. The molecule has 2 rings (SSSR count). The van der Waals surface area contributed by atoms with Gasteiger partial charge in [0.2, 0.25) is 0 Å². The van der Waals surface area contributed by atoms with Gasteiger partial charge in [0.25, 0.3) is 0 Å². The fourth-order valence-electron chi connectivity index (χ4n) is 1.77. The van der Waals surface area contributed by atoms with Crippen molar-refractivity contribution >= 4 is 17.5 Å². The maximum absolute atomic E-state index is 11.5. The Morgan fingerprint density at radius 2 is 1.71 bits per heavy atom. The van der Waals surface area contributed by atoms with E-state index in [1.165, 1.54) is 13.3 Å². The zero-order valence-corrected chi connectivity index (χ0v) is 12.0. The number of aromatic nitrogens is 1. The first-order valence-corrected chi connectivity index (χ1v) is 6.20. The molecule has 1 heterocycles. The highest BCUT2D eigenvalue weighted by molar-refractivity contribution is 5.90. The average Bonchev–Trinajstić information content (AvgIpc) is 2.53. The molecular formula is C15H16N2O4. The second kappa shape index (κ2) is 6.60. The van der Waals surface area contributed by atoms with Crippen LogP contribution in [0.25, 0.3) is 0 Å². The third-order valence-corrected chi connectivity index (χ3v) is 2.80. The van der Waals surface area contributed by atoms with Crippen LogP contribution in [0.15, 0.2) is 36.5 Å². The smallest absolute Gasteiger partial charge is 0.338 e. The number of benzene rings is 1. The third-order valence-electron chi connectivity index (χ3n) is 2.80. The van der Waals surface area contributed by atoms with Crippen molar-refractivity contribution in [1.82, 2.24) is 4.98 Å². The molecule has 0 aliphatic carbocycles. The lowest BCUT2D eigenvalue weighted by Gasteiger charge is -2.10. The molecule has 0 radical (unpaired) electrons. The number of methoxy groups -OCH3 is 3. The van der Waals surface area contributed by atoms with Crippen LogP contribution in [0.4, 0.5) is 11.5 Å². The lowest BCUT2D eigenvalue weighted by Crippen LogP contribution is -2.03. The molecule has 6 nitrogen and oxygen atoms in total. The first-order chi connectivity index (χ1) is 10.2. The van der Waals surface area contributed by atoms with E-state index in [-0.39, 0.29) is 0 Å². The molecule has 0 bridgehead atoms. The predicted octanol–water partition coefficient (Wildman–Crippen LogP) is 2.63. The largest absolute Gasteiger partial charge is 0.497 e. The van der Waals surface area contributed by atoms with Gasteiger partial charge in [-0.25, -0.2) is 9.78 Å². The number of esters is 1. The standard InChI is InChI=1S/C15H16N2O4/c1-19-12-7-11(8-13(9-12)20-2)17-14-6-10(4-5-16-14)15(18)21-3/h4-9H,1-3H3,(H,16,17). The van der Waals surface area contributed by atoms with Gasteiger partial charge < -0.3 is 19.5 Å². The third kappa shape index (κ3) is 3.62. The van der Waals surface area contributed by atoms with Crippen LogP contribution < -0.4 is 14.8 Å². The molecule has 0 aliphatic rings. The molecule has 0 aliphatic heterocycles. The van der Waals surface area contributed by atoms with Crippen LogP contribution in [0.2, 0.25) is 0 Å². The summed E-state index contributed by atoms with van der Waals surface area (Å²) in [7, 11) is 4.49. The van der Waals surface area contributed by atoms with Crippen molar-refractivity contribution in [3.8, 4) is 11.5 Å². The summed E-state index contributed by atoms with van der Waals surface area (Å²) in [4.78, 5) is 15.7. The normalized spacial score (nSPS) is 9.86. The number of carbonyl (C=O) groups is 1. The highest BCUT2D eigenvalue weighted by atomic mass is 16.5. The Morgan fingerprint density at radius 1 is 1.05 bits per heavy atom. The molecule has 0 fully saturated rings. The van der Waals surface area contributed by atoms with Crippen LogP contribution in [-0.2, 0) is 4.74 Å². The van der Waals surface area contributed by atoms with E-state index in [2.05, 4.69) is 15.0 Å². The van der Waals surface area contributed by atoms with E-state index in [0.29, 0.717) is 22.9 Å². The average molecular weight is 288 g/mol. The number of rotatable bonds is 5. The van der Waals surface area contributed by atoms with E-state index < -0.39 is 5.97 Å². The molecule has 0 unspecified atom stereocenters.